The summed E-state index contributed by atoms with van der Waals surface area (Å²) in [6.07, 6.45) is 2.10. The Kier molecular flexibility index (Phi) is 7.78. The summed E-state index contributed by atoms with van der Waals surface area (Å²) in [4.78, 5) is 13.3. The Balaban J connectivity index is 1.75. The standard InChI is InChI=1S/C23H29BrN2O4S/c1-4-17-14-19(24)13-16(3)22(17)25-23(27)18-7-6-12-26(15-18)31(28,29)21-10-8-20(9-11-21)30-5-2/h8-11,13-14,18H,4-7,12,15H2,1-3H3,(H,25,27)/t18-/m1/s1. The van der Waals surface area contributed by atoms with E-state index in [9.17, 15) is 13.2 Å². The van der Waals surface area contributed by atoms with Gasteiger partial charge in [0.2, 0.25) is 15.9 Å². The van der Waals surface area contributed by atoms with Crippen LogP contribution in [0.4, 0.5) is 5.69 Å². The van der Waals surface area contributed by atoms with E-state index in [1.807, 2.05) is 32.9 Å². The van der Waals surface area contributed by atoms with Gasteiger partial charge >= 0.3 is 0 Å². The van der Waals surface area contributed by atoms with Crippen LogP contribution < -0.4 is 10.1 Å². The van der Waals surface area contributed by atoms with Crippen LogP contribution in [0.1, 0.15) is 37.8 Å². The lowest BCUT2D eigenvalue weighted by Gasteiger charge is -2.31. The summed E-state index contributed by atoms with van der Waals surface area (Å²) in [7, 11) is -3.67. The SMILES string of the molecule is CCOc1ccc(S(=O)(=O)N2CCC[C@@H](C(=O)Nc3c(C)cc(Br)cc3CC)C2)cc1. The molecule has 1 aliphatic heterocycles. The number of benzene rings is 2. The van der Waals surface area contributed by atoms with E-state index in [0.717, 1.165) is 27.7 Å². The summed E-state index contributed by atoms with van der Waals surface area (Å²) >= 11 is 3.50. The highest BCUT2D eigenvalue weighted by Crippen LogP contribution is 2.29. The normalized spacial score (nSPS) is 17.4. The van der Waals surface area contributed by atoms with Gasteiger partial charge in [-0.3, -0.25) is 4.79 Å². The van der Waals surface area contributed by atoms with E-state index in [-0.39, 0.29) is 23.3 Å². The maximum Gasteiger partial charge on any atom is 0.243 e. The lowest BCUT2D eigenvalue weighted by Crippen LogP contribution is -2.43. The fourth-order valence-corrected chi connectivity index (χ4v) is 6.04. The third-order valence-corrected chi connectivity index (χ3v) is 7.88. The Morgan fingerprint density at radius 1 is 1.23 bits per heavy atom. The first-order valence-corrected chi connectivity index (χ1v) is 12.8. The number of anilines is 1. The van der Waals surface area contributed by atoms with Crippen molar-refractivity contribution >= 4 is 37.5 Å². The second-order valence-electron chi connectivity index (χ2n) is 7.71. The second kappa shape index (κ2) is 10.1. The molecule has 0 radical (unpaired) electrons. The molecule has 3 rings (SSSR count). The average Bonchev–Trinajstić information content (AvgIpc) is 2.76. The highest BCUT2D eigenvalue weighted by Gasteiger charge is 2.33. The molecule has 0 aliphatic carbocycles. The van der Waals surface area contributed by atoms with Crippen molar-refractivity contribution in [2.75, 3.05) is 25.0 Å². The third kappa shape index (κ3) is 5.48. The van der Waals surface area contributed by atoms with Crippen molar-refractivity contribution in [1.29, 1.82) is 0 Å². The largest absolute Gasteiger partial charge is 0.494 e. The Morgan fingerprint density at radius 3 is 2.58 bits per heavy atom. The Bertz CT molecular complexity index is 1040. The molecule has 1 N–H and O–H groups in total. The monoisotopic (exact) mass is 508 g/mol. The molecule has 0 saturated carbocycles. The van der Waals surface area contributed by atoms with Crippen LogP contribution in [0, 0.1) is 12.8 Å². The number of piperidine rings is 1. The highest BCUT2D eigenvalue weighted by atomic mass is 79.9. The van der Waals surface area contributed by atoms with E-state index < -0.39 is 10.0 Å². The molecule has 0 spiro atoms. The number of carbonyl (C=O) groups excluding carboxylic acids is 1. The third-order valence-electron chi connectivity index (χ3n) is 5.54. The zero-order valence-corrected chi connectivity index (χ0v) is 20.6. The molecule has 0 bridgehead atoms. The number of halogens is 1. The molecule has 1 atom stereocenters. The van der Waals surface area contributed by atoms with Crippen LogP contribution in [-0.4, -0.2) is 38.3 Å². The van der Waals surface area contributed by atoms with Crippen LogP contribution in [0.2, 0.25) is 0 Å². The molecular weight excluding hydrogens is 480 g/mol. The smallest absolute Gasteiger partial charge is 0.243 e. The second-order valence-corrected chi connectivity index (χ2v) is 10.6. The predicted octanol–water partition coefficient (Wildman–Crippen LogP) is 4.76. The average molecular weight is 509 g/mol. The van der Waals surface area contributed by atoms with Gasteiger partial charge in [-0.15, -0.1) is 0 Å². The lowest BCUT2D eigenvalue weighted by atomic mass is 9.98. The molecule has 2 aromatic rings. The van der Waals surface area contributed by atoms with Gasteiger partial charge in [0.15, 0.2) is 0 Å². The molecule has 1 saturated heterocycles. The van der Waals surface area contributed by atoms with Gasteiger partial charge in [-0.2, -0.15) is 4.31 Å². The van der Waals surface area contributed by atoms with E-state index in [0.29, 0.717) is 31.7 Å². The number of hydrogen-bond donors (Lipinski definition) is 1. The van der Waals surface area contributed by atoms with Crippen molar-refractivity contribution < 1.29 is 17.9 Å². The van der Waals surface area contributed by atoms with E-state index in [2.05, 4.69) is 21.2 Å². The van der Waals surface area contributed by atoms with Crippen molar-refractivity contribution in [3.05, 3.63) is 52.0 Å². The number of rotatable bonds is 7. The summed E-state index contributed by atoms with van der Waals surface area (Å²) < 4.78 is 34.0. The molecule has 168 valence electrons. The van der Waals surface area contributed by atoms with Gasteiger partial charge in [0.05, 0.1) is 17.4 Å². The van der Waals surface area contributed by atoms with Gasteiger partial charge in [0.1, 0.15) is 5.75 Å². The van der Waals surface area contributed by atoms with Crippen LogP contribution in [0.5, 0.6) is 5.75 Å². The number of nitrogens with zero attached hydrogens (tertiary/aromatic N) is 1. The number of hydrogen-bond acceptors (Lipinski definition) is 4. The van der Waals surface area contributed by atoms with Gasteiger partial charge in [0.25, 0.3) is 0 Å². The first kappa shape index (κ1) is 23.8. The van der Waals surface area contributed by atoms with Crippen molar-refractivity contribution in [3.8, 4) is 5.75 Å². The zero-order chi connectivity index (χ0) is 22.6. The van der Waals surface area contributed by atoms with Crippen molar-refractivity contribution in [2.45, 2.75) is 44.9 Å². The molecule has 8 heteroatoms. The van der Waals surface area contributed by atoms with E-state index in [1.54, 1.807) is 24.3 Å². The molecule has 1 fully saturated rings. The maximum absolute atomic E-state index is 13.1. The molecule has 31 heavy (non-hydrogen) atoms. The van der Waals surface area contributed by atoms with E-state index in [1.165, 1.54) is 4.31 Å². The Hall–Kier alpha value is -1.90. The quantitative estimate of drug-likeness (QED) is 0.584. The number of carbonyl (C=O) groups is 1. The topological polar surface area (TPSA) is 75.7 Å². The minimum atomic E-state index is -3.67. The summed E-state index contributed by atoms with van der Waals surface area (Å²) in [6.45, 7) is 7.00. The minimum Gasteiger partial charge on any atom is -0.494 e. The van der Waals surface area contributed by atoms with Crippen molar-refractivity contribution in [1.82, 2.24) is 4.31 Å². The Labute approximate surface area is 193 Å². The molecule has 1 amide bonds. The molecular formula is C23H29BrN2O4S. The zero-order valence-electron chi connectivity index (χ0n) is 18.2. The van der Waals surface area contributed by atoms with Crippen molar-refractivity contribution in [2.24, 2.45) is 5.92 Å². The summed E-state index contributed by atoms with van der Waals surface area (Å²) in [6, 6.07) is 10.4. The van der Waals surface area contributed by atoms with Crippen LogP contribution in [-0.2, 0) is 21.2 Å². The van der Waals surface area contributed by atoms with E-state index in [4.69, 9.17) is 4.74 Å². The molecule has 0 unspecified atom stereocenters. The predicted molar refractivity (Wildman–Crippen MR) is 126 cm³/mol. The first-order chi connectivity index (χ1) is 14.8. The van der Waals surface area contributed by atoms with Gasteiger partial charge in [-0.05, 0) is 80.6 Å². The summed E-state index contributed by atoms with van der Waals surface area (Å²) in [5.41, 5.74) is 2.85. The fraction of sp³-hybridized carbons (Fsp3) is 0.435. The maximum atomic E-state index is 13.1. The molecule has 6 nitrogen and oxygen atoms in total. The van der Waals surface area contributed by atoms with Crippen LogP contribution in [0.15, 0.2) is 45.8 Å². The van der Waals surface area contributed by atoms with Gasteiger partial charge in [-0.1, -0.05) is 22.9 Å². The number of nitrogens with one attached hydrogen (secondary N) is 1. The number of sulfonamides is 1. The first-order valence-electron chi connectivity index (χ1n) is 10.6. The number of amides is 1. The molecule has 1 heterocycles. The molecule has 2 aromatic carbocycles. The van der Waals surface area contributed by atoms with Crippen LogP contribution >= 0.6 is 15.9 Å². The van der Waals surface area contributed by atoms with Gasteiger partial charge in [-0.25, -0.2) is 8.42 Å². The Morgan fingerprint density at radius 2 is 1.94 bits per heavy atom. The van der Waals surface area contributed by atoms with Crippen LogP contribution in [0.3, 0.4) is 0 Å². The van der Waals surface area contributed by atoms with E-state index >= 15 is 0 Å². The number of aryl methyl sites for hydroxylation is 2. The number of ether oxygens (including phenoxy) is 1. The molecule has 0 aromatic heterocycles. The summed E-state index contributed by atoms with van der Waals surface area (Å²) in [5, 5.41) is 3.06. The highest BCUT2D eigenvalue weighted by molar-refractivity contribution is 9.10. The van der Waals surface area contributed by atoms with Gasteiger partial charge in [0, 0.05) is 23.2 Å². The molecule has 1 aliphatic rings. The minimum absolute atomic E-state index is 0.133. The van der Waals surface area contributed by atoms with Crippen molar-refractivity contribution in [3.63, 3.8) is 0 Å². The lowest BCUT2D eigenvalue weighted by molar-refractivity contribution is -0.120. The van der Waals surface area contributed by atoms with Crippen LogP contribution in [0.25, 0.3) is 0 Å². The fourth-order valence-electron chi connectivity index (χ4n) is 3.89. The van der Waals surface area contributed by atoms with Gasteiger partial charge < -0.3 is 10.1 Å². The summed E-state index contributed by atoms with van der Waals surface area (Å²) in [5.74, 6) is 0.111.